The standard InChI is InChI=1S/C44H53N3O7/c1-7-9-19-36(49)45(6)29(5)39(31-16-11-10-12-17-31)53-43(52)37-35-22-23-44(54-35)38(37)41(50)47(34(27-48)25-28(3)4)40(44)42(51)46(24-8-2)33-21-20-30-15-13-14-18-32(30)26-33/h7-8,10-18,20-21,26,28-29,34-35,37-40,48H,1-2,9,19,22-25,27H2,3-6H3/t29-,34+,35-,37+,38+,39+,40-,44+/m0/s1. The van der Waals surface area contributed by atoms with Crippen LogP contribution in [0, 0.1) is 17.8 Å². The Bertz CT molecular complexity index is 1880. The lowest BCUT2D eigenvalue weighted by Crippen LogP contribution is -2.59. The van der Waals surface area contributed by atoms with Crippen LogP contribution in [0.4, 0.5) is 5.69 Å². The molecule has 3 aliphatic rings. The van der Waals surface area contributed by atoms with E-state index in [9.17, 15) is 19.5 Å². The summed E-state index contributed by atoms with van der Waals surface area (Å²) in [5, 5.41) is 12.8. The molecule has 1 N–H and O–H groups in total. The van der Waals surface area contributed by atoms with Crippen LogP contribution in [0.3, 0.4) is 0 Å². The lowest BCUT2D eigenvalue weighted by atomic mass is 9.70. The summed E-state index contributed by atoms with van der Waals surface area (Å²) < 4.78 is 13.2. The van der Waals surface area contributed by atoms with Gasteiger partial charge in [-0.1, -0.05) is 86.7 Å². The molecule has 0 radical (unpaired) electrons. The highest BCUT2D eigenvalue weighted by atomic mass is 16.6. The molecule has 6 rings (SSSR count). The van der Waals surface area contributed by atoms with E-state index in [0.29, 0.717) is 36.9 Å². The number of esters is 1. The molecule has 2 bridgehead atoms. The molecule has 54 heavy (non-hydrogen) atoms. The highest BCUT2D eigenvalue weighted by Crippen LogP contribution is 2.59. The number of benzene rings is 3. The number of nitrogens with zero attached hydrogens (tertiary/aromatic N) is 3. The Morgan fingerprint density at radius 1 is 1.02 bits per heavy atom. The molecule has 3 fully saturated rings. The number of fused-ring (bicyclic) bond motifs is 2. The van der Waals surface area contributed by atoms with Gasteiger partial charge in [-0.25, -0.2) is 0 Å². The normalized spacial score (nSPS) is 24.6. The van der Waals surface area contributed by atoms with Crippen molar-refractivity contribution < 1.29 is 33.8 Å². The highest BCUT2D eigenvalue weighted by molar-refractivity contribution is 6.05. The van der Waals surface area contributed by atoms with Gasteiger partial charge in [0.25, 0.3) is 5.91 Å². The molecule has 0 saturated carbocycles. The van der Waals surface area contributed by atoms with Crippen LogP contribution in [-0.2, 0) is 28.7 Å². The van der Waals surface area contributed by atoms with Gasteiger partial charge in [0, 0.05) is 25.7 Å². The average molecular weight is 736 g/mol. The van der Waals surface area contributed by atoms with Crippen molar-refractivity contribution in [2.24, 2.45) is 17.8 Å². The Labute approximate surface area is 318 Å². The molecule has 286 valence electrons. The molecule has 0 aromatic heterocycles. The molecule has 3 aromatic rings. The monoisotopic (exact) mass is 735 g/mol. The Morgan fingerprint density at radius 2 is 1.72 bits per heavy atom. The van der Waals surface area contributed by atoms with E-state index in [0.717, 1.165) is 10.8 Å². The summed E-state index contributed by atoms with van der Waals surface area (Å²) in [6.45, 7) is 13.3. The van der Waals surface area contributed by atoms with Crippen LogP contribution in [-0.4, -0.2) is 88.6 Å². The Hall–Kier alpha value is -4.80. The number of hydrogen-bond acceptors (Lipinski definition) is 7. The number of carbonyl (C=O) groups is 4. The molecule has 10 nitrogen and oxygen atoms in total. The Morgan fingerprint density at radius 3 is 2.39 bits per heavy atom. The van der Waals surface area contributed by atoms with Gasteiger partial charge >= 0.3 is 5.97 Å². The van der Waals surface area contributed by atoms with Crippen molar-refractivity contribution in [1.29, 1.82) is 0 Å². The third-order valence-corrected chi connectivity index (χ3v) is 11.6. The van der Waals surface area contributed by atoms with Gasteiger partial charge in [-0.05, 0) is 67.0 Å². The van der Waals surface area contributed by atoms with Crippen LogP contribution in [0.25, 0.3) is 10.8 Å². The molecule has 0 unspecified atom stereocenters. The van der Waals surface area contributed by atoms with E-state index < -0.39 is 59.6 Å². The van der Waals surface area contributed by atoms with Crippen LogP contribution < -0.4 is 4.90 Å². The Kier molecular flexibility index (Phi) is 11.7. The van der Waals surface area contributed by atoms with E-state index in [1.54, 1.807) is 29.0 Å². The first-order chi connectivity index (χ1) is 26.0. The second-order valence-corrected chi connectivity index (χ2v) is 15.4. The van der Waals surface area contributed by atoms with Gasteiger partial charge in [0.15, 0.2) is 0 Å². The van der Waals surface area contributed by atoms with Crippen LogP contribution in [0.5, 0.6) is 0 Å². The highest BCUT2D eigenvalue weighted by Gasteiger charge is 2.75. The van der Waals surface area contributed by atoms with Crippen molar-refractivity contribution >= 4 is 40.2 Å². The maximum Gasteiger partial charge on any atom is 0.313 e. The van der Waals surface area contributed by atoms with Gasteiger partial charge in [0.05, 0.1) is 36.6 Å². The summed E-state index contributed by atoms with van der Waals surface area (Å²) >= 11 is 0. The molecule has 3 aliphatic heterocycles. The number of likely N-dealkylation sites (tertiary alicyclic amines) is 1. The molecule has 3 heterocycles. The topological polar surface area (TPSA) is 117 Å². The lowest BCUT2D eigenvalue weighted by molar-refractivity contribution is -0.165. The van der Waals surface area contributed by atoms with Crippen LogP contribution in [0.2, 0.25) is 0 Å². The van der Waals surface area contributed by atoms with Crippen molar-refractivity contribution in [1.82, 2.24) is 9.80 Å². The fourth-order valence-electron chi connectivity index (χ4n) is 8.92. The molecule has 0 aliphatic carbocycles. The maximum atomic E-state index is 15.2. The van der Waals surface area contributed by atoms with Gasteiger partial charge in [-0.2, -0.15) is 0 Å². The summed E-state index contributed by atoms with van der Waals surface area (Å²) in [4.78, 5) is 62.5. The molecular weight excluding hydrogens is 682 g/mol. The van der Waals surface area contributed by atoms with Crippen LogP contribution in [0.15, 0.2) is 98.1 Å². The number of allylic oxidation sites excluding steroid dienone is 1. The van der Waals surface area contributed by atoms with Gasteiger partial charge < -0.3 is 29.3 Å². The number of hydrogen-bond donors (Lipinski definition) is 1. The third-order valence-electron chi connectivity index (χ3n) is 11.6. The number of rotatable bonds is 16. The fraction of sp³-hybridized carbons (Fsp3) is 0.455. The van der Waals surface area contributed by atoms with Crippen molar-refractivity contribution in [3.05, 3.63) is 104 Å². The summed E-state index contributed by atoms with van der Waals surface area (Å²) in [7, 11) is 1.69. The minimum absolute atomic E-state index is 0.103. The fourth-order valence-corrected chi connectivity index (χ4v) is 8.92. The van der Waals surface area contributed by atoms with E-state index in [1.165, 1.54) is 4.90 Å². The molecule has 8 atom stereocenters. The van der Waals surface area contributed by atoms with Crippen molar-refractivity contribution in [3.8, 4) is 0 Å². The molecule has 1 spiro atoms. The number of amides is 3. The third kappa shape index (κ3) is 7.09. The first kappa shape index (κ1) is 38.9. The van der Waals surface area contributed by atoms with Gasteiger partial charge in [-0.3, -0.25) is 19.2 Å². The van der Waals surface area contributed by atoms with E-state index in [2.05, 4.69) is 13.2 Å². The predicted molar refractivity (Wildman–Crippen MR) is 208 cm³/mol. The number of likely N-dealkylation sites (N-methyl/N-ethyl adjacent to an activating group) is 1. The Balaban J connectivity index is 1.38. The second-order valence-electron chi connectivity index (χ2n) is 15.4. The van der Waals surface area contributed by atoms with E-state index in [-0.39, 0.29) is 37.3 Å². The first-order valence-corrected chi connectivity index (χ1v) is 19.1. The van der Waals surface area contributed by atoms with Gasteiger partial charge in [0.1, 0.15) is 17.7 Å². The van der Waals surface area contributed by atoms with E-state index in [1.807, 2.05) is 93.6 Å². The maximum absolute atomic E-state index is 15.2. The SMILES string of the molecule is C=CCCC(=O)N(C)[C@@H](C)[C@@H](OC(=O)[C@@H]1[C@@H]2CC[C@]3(O2)[C@H](C(=O)N(CC=C)c2ccc4ccccc4c2)N([C@@H](CO)CC(C)C)C(=O)[C@@H]13)c1ccccc1. The summed E-state index contributed by atoms with van der Waals surface area (Å²) in [6.07, 6.45) is 3.95. The zero-order valence-electron chi connectivity index (χ0n) is 31.8. The minimum atomic E-state index is -1.31. The summed E-state index contributed by atoms with van der Waals surface area (Å²) in [5.74, 6) is -3.35. The number of anilines is 1. The van der Waals surface area contributed by atoms with Gasteiger partial charge in [-0.15, -0.1) is 13.2 Å². The lowest BCUT2D eigenvalue weighted by Gasteiger charge is -2.39. The number of aliphatic hydroxyl groups is 1. The second kappa shape index (κ2) is 16.3. The van der Waals surface area contributed by atoms with Crippen LogP contribution >= 0.6 is 0 Å². The minimum Gasteiger partial charge on any atom is -0.455 e. The van der Waals surface area contributed by atoms with Crippen molar-refractivity contribution in [2.75, 3.05) is 25.1 Å². The number of ether oxygens (including phenoxy) is 2. The predicted octanol–water partition coefficient (Wildman–Crippen LogP) is 6.24. The van der Waals surface area contributed by atoms with Crippen molar-refractivity contribution in [2.45, 2.75) is 88.8 Å². The molecule has 10 heteroatoms. The average Bonchev–Trinajstić information content (AvgIpc) is 3.83. The molecule has 3 amide bonds. The molecule has 3 aromatic carbocycles. The van der Waals surface area contributed by atoms with Crippen LogP contribution in [0.1, 0.15) is 64.5 Å². The van der Waals surface area contributed by atoms with E-state index >= 15 is 4.79 Å². The first-order valence-electron chi connectivity index (χ1n) is 19.1. The van der Waals surface area contributed by atoms with E-state index in [4.69, 9.17) is 9.47 Å². The molecular formula is C44H53N3O7. The van der Waals surface area contributed by atoms with Gasteiger partial charge in [0.2, 0.25) is 11.8 Å². The summed E-state index contributed by atoms with van der Waals surface area (Å²) in [6, 6.07) is 20.6. The zero-order valence-corrected chi connectivity index (χ0v) is 31.8. The summed E-state index contributed by atoms with van der Waals surface area (Å²) in [5.41, 5.74) is 0.0416. The zero-order chi connectivity index (χ0) is 38.7. The number of carbonyl (C=O) groups excluding carboxylic acids is 4. The van der Waals surface area contributed by atoms with Crippen molar-refractivity contribution in [3.63, 3.8) is 0 Å². The number of aliphatic hydroxyl groups excluding tert-OH is 1. The smallest absolute Gasteiger partial charge is 0.313 e. The largest absolute Gasteiger partial charge is 0.455 e. The quantitative estimate of drug-likeness (QED) is 0.137. The molecule has 3 saturated heterocycles.